The molecule has 2 atom stereocenters. The molecule has 4 N–H and O–H groups in total. The Morgan fingerprint density at radius 2 is 2.18 bits per heavy atom. The van der Waals surface area contributed by atoms with Crippen molar-refractivity contribution in [1.82, 2.24) is 10.3 Å². The van der Waals surface area contributed by atoms with Gasteiger partial charge in [0.05, 0.1) is 23.1 Å². The number of aliphatic carboxylic acids is 1. The van der Waals surface area contributed by atoms with Crippen LogP contribution in [0.3, 0.4) is 0 Å². The van der Waals surface area contributed by atoms with Crippen molar-refractivity contribution in [2.24, 2.45) is 21.6 Å². The normalized spacial score (nSPS) is 19.7. The van der Waals surface area contributed by atoms with E-state index in [0.29, 0.717) is 41.5 Å². The van der Waals surface area contributed by atoms with E-state index in [1.165, 1.54) is 17.4 Å². The van der Waals surface area contributed by atoms with Gasteiger partial charge in [-0.05, 0) is 59.3 Å². The molecule has 0 saturated carbocycles. The van der Waals surface area contributed by atoms with Crippen LogP contribution in [-0.4, -0.2) is 47.2 Å². The zero-order valence-corrected chi connectivity index (χ0v) is 23.3. The molecule has 0 amide bonds. The maximum atomic E-state index is 14.6. The summed E-state index contributed by atoms with van der Waals surface area (Å²) in [5.74, 6) is -3.58. The minimum absolute atomic E-state index is 0.101. The van der Waals surface area contributed by atoms with Crippen molar-refractivity contribution in [3.05, 3.63) is 72.9 Å². The van der Waals surface area contributed by atoms with Crippen LogP contribution in [0.25, 0.3) is 0 Å². The number of carboxylic acids is 1. The minimum Gasteiger partial charge on any atom is -0.481 e. The number of ether oxygens (including phenoxy) is 1. The highest BCUT2D eigenvalue weighted by molar-refractivity contribution is 9.10. The smallest absolute Gasteiger partial charge is 0.338 e. The average molecular weight is 622 g/mol. The van der Waals surface area contributed by atoms with Gasteiger partial charge in [-0.2, -0.15) is 0 Å². The molecule has 2 aliphatic rings. The molecule has 1 aromatic heterocycles. The van der Waals surface area contributed by atoms with Crippen LogP contribution in [0.1, 0.15) is 49.2 Å². The van der Waals surface area contributed by atoms with Gasteiger partial charge in [-0.25, -0.2) is 18.6 Å². The number of allylic oxidation sites excluding steroid dienone is 3. The first-order valence-corrected chi connectivity index (χ1v) is 13.9. The van der Waals surface area contributed by atoms with Crippen molar-refractivity contribution in [3.8, 4) is 0 Å². The van der Waals surface area contributed by atoms with Gasteiger partial charge in [0, 0.05) is 41.6 Å². The molecule has 13 heteroatoms. The molecule has 39 heavy (non-hydrogen) atoms. The molecule has 0 bridgehead atoms. The van der Waals surface area contributed by atoms with Gasteiger partial charge in [0.1, 0.15) is 6.04 Å². The van der Waals surface area contributed by atoms with Crippen LogP contribution in [0, 0.1) is 17.6 Å². The highest BCUT2D eigenvalue weighted by Gasteiger charge is 2.38. The molecule has 2 unspecified atom stereocenters. The second kappa shape index (κ2) is 12.6. The summed E-state index contributed by atoms with van der Waals surface area (Å²) in [5, 5.41) is 14.5. The zero-order valence-electron chi connectivity index (χ0n) is 20.9. The first kappa shape index (κ1) is 28.6. The molecule has 1 aliphatic carbocycles. The van der Waals surface area contributed by atoms with Crippen molar-refractivity contribution >= 4 is 51.3 Å². The number of nitrogens with one attached hydrogen (secondary N) is 1. The second-order valence-corrected chi connectivity index (χ2v) is 10.5. The molecular weight excluding hydrogens is 596 g/mol. The van der Waals surface area contributed by atoms with E-state index in [0.717, 1.165) is 11.6 Å². The van der Waals surface area contributed by atoms with Gasteiger partial charge in [-0.15, -0.1) is 11.3 Å². The summed E-state index contributed by atoms with van der Waals surface area (Å²) in [6.45, 7) is 1.89. The fourth-order valence-electron chi connectivity index (χ4n) is 4.45. The first-order chi connectivity index (χ1) is 18.7. The highest BCUT2D eigenvalue weighted by Crippen LogP contribution is 2.42. The predicted octanol–water partition coefficient (Wildman–Crippen LogP) is 4.65. The lowest BCUT2D eigenvalue weighted by atomic mass is 9.81. The third-order valence-electron chi connectivity index (χ3n) is 6.32. The molecule has 9 nitrogen and oxygen atoms in total. The van der Waals surface area contributed by atoms with Crippen LogP contribution in [-0.2, 0) is 14.3 Å². The number of hydrogen-bond acceptors (Lipinski definition) is 9. The summed E-state index contributed by atoms with van der Waals surface area (Å²) in [6.07, 6.45) is 4.59. The van der Waals surface area contributed by atoms with Crippen molar-refractivity contribution in [2.75, 3.05) is 13.2 Å². The topological polar surface area (TPSA) is 139 Å². The van der Waals surface area contributed by atoms with E-state index in [4.69, 9.17) is 20.6 Å². The maximum absolute atomic E-state index is 14.6. The van der Waals surface area contributed by atoms with Crippen LogP contribution >= 0.6 is 27.3 Å². The van der Waals surface area contributed by atoms with E-state index in [1.54, 1.807) is 24.7 Å². The molecule has 2 aromatic rings. The average Bonchev–Trinajstić information content (AvgIpc) is 3.45. The van der Waals surface area contributed by atoms with Crippen LogP contribution in [0.2, 0.25) is 0 Å². The molecular formula is C26H26BrF2N5O4S. The highest BCUT2D eigenvalue weighted by atomic mass is 79.9. The van der Waals surface area contributed by atoms with Gasteiger partial charge in [0.25, 0.3) is 0 Å². The van der Waals surface area contributed by atoms with Crippen LogP contribution in [0.5, 0.6) is 0 Å². The number of carbonyl (C=O) groups excluding carboxylic acids is 1. The van der Waals surface area contributed by atoms with E-state index in [-0.39, 0.29) is 41.1 Å². The molecule has 2 heterocycles. The van der Waals surface area contributed by atoms with Gasteiger partial charge in [0.2, 0.25) is 0 Å². The zero-order chi connectivity index (χ0) is 28.1. The molecule has 4 rings (SSSR count). The second-order valence-electron chi connectivity index (χ2n) is 8.82. The number of esters is 1. The lowest BCUT2D eigenvalue weighted by Gasteiger charge is -2.33. The Kier molecular flexibility index (Phi) is 9.23. The largest absolute Gasteiger partial charge is 0.481 e. The maximum Gasteiger partial charge on any atom is 0.338 e. The lowest BCUT2D eigenvalue weighted by molar-refractivity contribution is -0.139. The Morgan fingerprint density at radius 3 is 2.87 bits per heavy atom. The van der Waals surface area contributed by atoms with Gasteiger partial charge in [-0.1, -0.05) is 6.07 Å². The lowest BCUT2D eigenvalue weighted by Crippen LogP contribution is -2.38. The first-order valence-electron chi connectivity index (χ1n) is 12.2. The van der Waals surface area contributed by atoms with Crippen LogP contribution < -0.4 is 11.1 Å². The Bertz CT molecular complexity index is 1390. The van der Waals surface area contributed by atoms with E-state index in [1.807, 2.05) is 0 Å². The Labute approximate surface area is 235 Å². The quantitative estimate of drug-likeness (QED) is 0.210. The number of hydrogen-bond donors (Lipinski definition) is 3. The number of halogens is 3. The van der Waals surface area contributed by atoms with Gasteiger partial charge < -0.3 is 20.9 Å². The summed E-state index contributed by atoms with van der Waals surface area (Å²) >= 11 is 4.49. The molecule has 0 saturated heterocycles. The van der Waals surface area contributed by atoms with Crippen molar-refractivity contribution in [2.45, 2.75) is 38.6 Å². The molecule has 1 aromatic carbocycles. The number of carboxylic acid groups (broad SMARTS) is 1. The van der Waals surface area contributed by atoms with E-state index >= 15 is 0 Å². The van der Waals surface area contributed by atoms with Gasteiger partial charge in [0.15, 0.2) is 22.5 Å². The minimum atomic E-state index is -1.09. The SMILES string of the molecule is CCOC(=O)C1=C(C2CCC(N)=C(C=NCCC(=O)O)C2)NC(c2nccs2)=NC1c1ccc(F)c(F)c1Br. The van der Waals surface area contributed by atoms with Crippen molar-refractivity contribution < 1.29 is 28.2 Å². The van der Waals surface area contributed by atoms with Crippen LogP contribution in [0.15, 0.2) is 60.7 Å². The number of benzene rings is 1. The molecule has 1 aliphatic heterocycles. The number of carbonyl (C=O) groups is 2. The standard InChI is InChI=1S/C26H26BrF2N5O4S/c1-2-38-26(37)19-22(13-3-6-17(30)14(11-13)12-31-8-7-18(35)36)33-24(25-32-9-10-39-25)34-23(19)15-4-5-16(28)21(29)20(15)27/h4-5,9-10,12-13,23H,2-3,6-8,11,30H2,1H3,(H,33,34)(H,35,36). The summed E-state index contributed by atoms with van der Waals surface area (Å²) in [4.78, 5) is 37.5. The predicted molar refractivity (Wildman–Crippen MR) is 146 cm³/mol. The Balaban J connectivity index is 1.81. The summed E-state index contributed by atoms with van der Waals surface area (Å²) in [6, 6.07) is 1.37. The Morgan fingerprint density at radius 1 is 1.38 bits per heavy atom. The number of thiazole rings is 1. The van der Waals surface area contributed by atoms with Crippen molar-refractivity contribution in [3.63, 3.8) is 0 Å². The van der Waals surface area contributed by atoms with Gasteiger partial charge in [-0.3, -0.25) is 14.8 Å². The van der Waals surface area contributed by atoms with E-state index in [2.05, 4.69) is 31.2 Å². The number of nitrogens with two attached hydrogens (primary N) is 1. The number of rotatable bonds is 9. The third-order valence-corrected chi connectivity index (χ3v) is 7.90. The van der Waals surface area contributed by atoms with E-state index < -0.39 is 29.6 Å². The van der Waals surface area contributed by atoms with Crippen molar-refractivity contribution in [1.29, 1.82) is 0 Å². The molecule has 0 fully saturated rings. The summed E-state index contributed by atoms with van der Waals surface area (Å²) in [5.41, 5.74) is 8.58. The fraction of sp³-hybridized carbons (Fsp3) is 0.346. The Hall–Kier alpha value is -3.45. The van der Waals surface area contributed by atoms with Crippen LogP contribution in [0.4, 0.5) is 8.78 Å². The van der Waals surface area contributed by atoms with Gasteiger partial charge >= 0.3 is 11.9 Å². The summed E-state index contributed by atoms with van der Waals surface area (Å²) < 4.78 is 33.9. The van der Waals surface area contributed by atoms with E-state index in [9.17, 15) is 18.4 Å². The monoisotopic (exact) mass is 621 g/mol. The molecule has 0 spiro atoms. The molecule has 0 radical (unpaired) electrons. The summed E-state index contributed by atoms with van der Waals surface area (Å²) in [7, 11) is 0. The third kappa shape index (κ3) is 6.41. The molecule has 206 valence electrons. The number of nitrogens with zero attached hydrogens (tertiary/aromatic N) is 3. The fourth-order valence-corrected chi connectivity index (χ4v) is 5.58. The number of amidine groups is 1. The number of aliphatic imine (C=N–C) groups is 2. The number of aromatic nitrogens is 1.